The van der Waals surface area contributed by atoms with Crippen molar-refractivity contribution >= 4 is 78.7 Å². The Morgan fingerprint density at radius 3 is 1.74 bits per heavy atom. The molecule has 2 heterocycles. The van der Waals surface area contributed by atoms with Gasteiger partial charge in [-0.15, -0.1) is 0 Å². The summed E-state index contributed by atoms with van der Waals surface area (Å²) >= 11 is 12.8. The molecule has 2 fully saturated rings. The van der Waals surface area contributed by atoms with Gasteiger partial charge in [-0.1, -0.05) is 23.2 Å². The van der Waals surface area contributed by atoms with E-state index in [1.54, 1.807) is 55.6 Å². The summed E-state index contributed by atoms with van der Waals surface area (Å²) in [6, 6.07) is 8.73. The van der Waals surface area contributed by atoms with Crippen LogP contribution < -0.4 is 10.6 Å². The Kier molecular flexibility index (Phi) is 12.9. The van der Waals surface area contributed by atoms with Crippen molar-refractivity contribution in [2.24, 2.45) is 0 Å². The zero-order valence-electron chi connectivity index (χ0n) is 27.9. The summed E-state index contributed by atoms with van der Waals surface area (Å²) in [7, 11) is -3.18. The normalized spacial score (nSPS) is 20.1. The van der Waals surface area contributed by atoms with Crippen LogP contribution in [0.25, 0.3) is 23.3 Å². The van der Waals surface area contributed by atoms with E-state index in [9.17, 15) is 36.0 Å². The monoisotopic (exact) mass is 766 g/mol. The van der Waals surface area contributed by atoms with Gasteiger partial charge < -0.3 is 20.4 Å². The van der Waals surface area contributed by atoms with Crippen LogP contribution in [-0.4, -0.2) is 112 Å². The second kappa shape index (κ2) is 16.5. The minimum Gasteiger partial charge on any atom is -0.352 e. The zero-order chi connectivity index (χ0) is 36.8. The second-order valence-electron chi connectivity index (χ2n) is 12.6. The molecule has 4 amide bonds. The molecule has 16 heteroatoms. The summed E-state index contributed by atoms with van der Waals surface area (Å²) < 4.78 is 47.0. The Labute approximate surface area is 302 Å². The highest BCUT2D eigenvalue weighted by molar-refractivity contribution is 7.91. The molecule has 2 aliphatic rings. The lowest BCUT2D eigenvalue weighted by Crippen LogP contribution is -2.49. The van der Waals surface area contributed by atoms with E-state index in [4.69, 9.17) is 23.2 Å². The number of carbonyl (C=O) groups excluding carboxylic acids is 4. The van der Waals surface area contributed by atoms with E-state index in [1.165, 1.54) is 35.9 Å². The molecule has 0 aromatic heterocycles. The number of likely N-dealkylation sites (N-methyl/N-ethyl adjacent to an activating group) is 1. The lowest BCUT2D eigenvalue weighted by molar-refractivity contribution is -0.135. The topological polar surface area (TPSA) is 167 Å². The summed E-state index contributed by atoms with van der Waals surface area (Å²) in [4.78, 5) is 53.2. The van der Waals surface area contributed by atoms with Crippen molar-refractivity contribution in [3.05, 3.63) is 69.7 Å². The predicted octanol–water partition coefficient (Wildman–Crippen LogP) is 2.99. The first-order valence-corrected chi connectivity index (χ1v) is 20.3. The Hall–Kier alpha value is -3.72. The number of hydrogen-bond acceptors (Lipinski definition) is 8. The van der Waals surface area contributed by atoms with Gasteiger partial charge in [-0.2, -0.15) is 0 Å². The number of rotatable bonds is 12. The van der Waals surface area contributed by atoms with Gasteiger partial charge in [0.05, 0.1) is 23.0 Å². The number of sulfone groups is 2. The molecule has 3 unspecified atom stereocenters. The van der Waals surface area contributed by atoms with Crippen LogP contribution in [0.15, 0.2) is 48.6 Å². The second-order valence-corrected chi connectivity index (χ2v) is 17.9. The third-order valence-electron chi connectivity index (χ3n) is 8.65. The third kappa shape index (κ3) is 11.1. The van der Waals surface area contributed by atoms with E-state index < -0.39 is 43.6 Å². The van der Waals surface area contributed by atoms with Crippen molar-refractivity contribution in [3.63, 3.8) is 0 Å². The van der Waals surface area contributed by atoms with Crippen LogP contribution in [0.3, 0.4) is 0 Å². The highest BCUT2D eigenvalue weighted by Crippen LogP contribution is 2.29. The third-order valence-corrected chi connectivity index (χ3v) is 12.6. The average molecular weight is 768 g/mol. The maximum atomic E-state index is 12.8. The van der Waals surface area contributed by atoms with Gasteiger partial charge in [0.15, 0.2) is 19.7 Å². The molecule has 2 aromatic rings. The van der Waals surface area contributed by atoms with Crippen molar-refractivity contribution in [3.8, 4) is 11.1 Å². The Morgan fingerprint density at radius 2 is 1.26 bits per heavy atom. The molecule has 2 N–H and O–H groups in total. The molecule has 0 saturated carbocycles. The van der Waals surface area contributed by atoms with E-state index in [2.05, 4.69) is 10.6 Å². The number of hydrogen-bond donors (Lipinski definition) is 2. The molecule has 2 saturated heterocycles. The first-order chi connectivity index (χ1) is 23.4. The fourth-order valence-corrected chi connectivity index (χ4v) is 9.83. The van der Waals surface area contributed by atoms with E-state index in [0.717, 1.165) is 0 Å². The minimum atomic E-state index is -3.17. The first kappa shape index (κ1) is 39.1. The summed E-state index contributed by atoms with van der Waals surface area (Å²) in [5.74, 6) is -1.61. The van der Waals surface area contributed by atoms with Gasteiger partial charge in [0.25, 0.3) is 0 Å². The van der Waals surface area contributed by atoms with Crippen LogP contribution in [0, 0.1) is 0 Å². The van der Waals surface area contributed by atoms with Gasteiger partial charge in [-0.05, 0) is 90.6 Å². The maximum Gasteiger partial charge on any atom is 0.244 e. The summed E-state index contributed by atoms with van der Waals surface area (Å²) in [5.41, 5.74) is 2.60. The Balaban J connectivity index is 1.33. The van der Waals surface area contributed by atoms with Crippen LogP contribution >= 0.6 is 23.2 Å². The van der Waals surface area contributed by atoms with Gasteiger partial charge in [0.2, 0.25) is 23.6 Å². The van der Waals surface area contributed by atoms with Crippen molar-refractivity contribution < 1.29 is 36.0 Å². The fourth-order valence-electron chi connectivity index (χ4n) is 5.80. The van der Waals surface area contributed by atoms with E-state index in [1.807, 2.05) is 0 Å². The molecule has 50 heavy (non-hydrogen) atoms. The first-order valence-electron chi connectivity index (χ1n) is 15.9. The van der Waals surface area contributed by atoms with Gasteiger partial charge in [-0.3, -0.25) is 19.2 Å². The van der Waals surface area contributed by atoms with Gasteiger partial charge >= 0.3 is 0 Å². The predicted molar refractivity (Wildman–Crippen MR) is 195 cm³/mol. The highest BCUT2D eigenvalue weighted by Gasteiger charge is 2.34. The van der Waals surface area contributed by atoms with E-state index in [0.29, 0.717) is 45.1 Å². The zero-order valence-corrected chi connectivity index (χ0v) is 31.0. The number of nitrogens with one attached hydrogen (secondary N) is 2. The molecular weight excluding hydrogens is 727 g/mol. The molecule has 4 rings (SSSR count). The maximum absolute atomic E-state index is 12.8. The molecule has 270 valence electrons. The van der Waals surface area contributed by atoms with Crippen LogP contribution in [0.1, 0.15) is 37.3 Å². The van der Waals surface area contributed by atoms with Crippen molar-refractivity contribution in [2.75, 3.05) is 43.7 Å². The molecule has 12 nitrogen and oxygen atoms in total. The fraction of sp³-hybridized carbons (Fsp3) is 0.412. The number of benzene rings is 2. The van der Waals surface area contributed by atoms with Crippen LogP contribution in [0.4, 0.5) is 0 Å². The van der Waals surface area contributed by atoms with Gasteiger partial charge in [-0.25, -0.2) is 16.8 Å². The summed E-state index contributed by atoms with van der Waals surface area (Å²) in [6.45, 7) is 1.62. The summed E-state index contributed by atoms with van der Waals surface area (Å²) in [6.07, 6.45) is 6.51. The Bertz CT molecular complexity index is 1930. The largest absolute Gasteiger partial charge is 0.352 e. The quantitative estimate of drug-likeness (QED) is 0.311. The van der Waals surface area contributed by atoms with Crippen LogP contribution in [-0.2, 0) is 38.9 Å². The van der Waals surface area contributed by atoms with E-state index >= 15 is 0 Å². The number of halogens is 2. The summed E-state index contributed by atoms with van der Waals surface area (Å²) in [5, 5.41) is 6.07. The molecule has 0 spiro atoms. The molecular formula is C34H40Cl2N4O8S2. The molecule has 0 bridgehead atoms. The van der Waals surface area contributed by atoms with Crippen LogP contribution in [0.2, 0.25) is 10.0 Å². The number of nitrogens with zero attached hydrogens (tertiary/aromatic N) is 2. The van der Waals surface area contributed by atoms with Crippen molar-refractivity contribution in [2.45, 2.75) is 44.3 Å². The van der Waals surface area contributed by atoms with E-state index in [-0.39, 0.29) is 53.8 Å². The molecule has 0 radical (unpaired) electrons. The van der Waals surface area contributed by atoms with Crippen LogP contribution in [0.5, 0.6) is 0 Å². The average Bonchev–Trinajstić information content (AvgIpc) is 3.61. The smallest absolute Gasteiger partial charge is 0.244 e. The lowest BCUT2D eigenvalue weighted by atomic mass is 10.0. The highest BCUT2D eigenvalue weighted by atomic mass is 35.5. The number of amides is 4. The van der Waals surface area contributed by atoms with Gasteiger partial charge in [0.1, 0.15) is 6.04 Å². The van der Waals surface area contributed by atoms with Gasteiger partial charge in [0, 0.05) is 61.3 Å². The van der Waals surface area contributed by atoms with Crippen molar-refractivity contribution in [1.82, 2.24) is 20.4 Å². The minimum absolute atomic E-state index is 0.0321. The molecule has 2 aliphatic heterocycles. The molecule has 2 aromatic carbocycles. The number of carbonyl (C=O) groups is 4. The van der Waals surface area contributed by atoms with Crippen molar-refractivity contribution in [1.29, 1.82) is 0 Å². The SMILES string of the molecule is CC(NC(=O)C=Cc1cc(Cl)cc(-c2cc(Cl)cc(C=CC(=O)NCCC(=O)N(C)C3CCS(=O)(=O)C3)c2)c1)C(=O)N(C)C1CCS(=O)(=O)C1. The molecule has 3 atom stereocenters. The Morgan fingerprint density at radius 1 is 0.780 bits per heavy atom. The standard InChI is InChI=1S/C34H40Cl2N4O8S2/c1-22(34(44)40(3)30-10-13-50(47,48)21-30)38-32(42)7-5-24-15-26(19-28(36)17-24)25-14-23(16-27(35)18-25)4-6-31(41)37-11-8-33(43)39(2)29-9-12-49(45,46)20-29/h4-7,14-19,22,29-30H,8-13,20-21H2,1-3H3,(H,37,41)(H,38,42). The molecule has 0 aliphatic carbocycles. The lowest BCUT2D eigenvalue weighted by Gasteiger charge is -2.26.